The molecule has 128 valence electrons. The zero-order chi connectivity index (χ0) is 17.4. The predicted octanol–water partition coefficient (Wildman–Crippen LogP) is 3.59. The van der Waals surface area contributed by atoms with Gasteiger partial charge in [-0.2, -0.15) is 0 Å². The number of hydrogen-bond acceptors (Lipinski definition) is 6. The van der Waals surface area contributed by atoms with Gasteiger partial charge in [0.15, 0.2) is 11.5 Å². The summed E-state index contributed by atoms with van der Waals surface area (Å²) in [5.74, 6) is -0.416. The lowest BCUT2D eigenvalue weighted by Crippen LogP contribution is -2.23. The van der Waals surface area contributed by atoms with Gasteiger partial charge in [0.2, 0.25) is 0 Å². The maximum atomic E-state index is 11.5. The van der Waals surface area contributed by atoms with Crippen LogP contribution < -0.4 is 10.6 Å². The first kappa shape index (κ1) is 16.4. The number of carboxylic acid groups (broad SMARTS) is 1. The van der Waals surface area contributed by atoms with E-state index in [1.165, 1.54) is 11.3 Å². The first-order valence-electron chi connectivity index (χ1n) is 7.88. The number of nitrogens with one attached hydrogen (secondary N) is 2. The van der Waals surface area contributed by atoms with Crippen molar-refractivity contribution in [3.05, 3.63) is 40.5 Å². The maximum absolute atomic E-state index is 11.5. The molecule has 8 heteroatoms. The van der Waals surface area contributed by atoms with Gasteiger partial charge < -0.3 is 15.7 Å². The van der Waals surface area contributed by atoms with E-state index in [9.17, 15) is 9.90 Å². The van der Waals surface area contributed by atoms with E-state index in [0.717, 1.165) is 39.8 Å². The molecule has 2 aromatic heterocycles. The van der Waals surface area contributed by atoms with Crippen molar-refractivity contribution in [3.8, 4) is 10.4 Å². The molecule has 3 aromatic rings. The lowest BCUT2D eigenvalue weighted by atomic mass is 10.1. The molecule has 0 aliphatic carbocycles. The summed E-state index contributed by atoms with van der Waals surface area (Å²) in [5.41, 5.74) is 1.02. The van der Waals surface area contributed by atoms with Crippen LogP contribution in [-0.2, 0) is 0 Å². The molecule has 1 saturated heterocycles. The second-order valence-corrected chi connectivity index (χ2v) is 7.87. The Morgan fingerprint density at radius 3 is 2.96 bits per heavy atom. The first-order valence-corrected chi connectivity index (χ1v) is 9.49. The fourth-order valence-corrected chi connectivity index (χ4v) is 4.47. The van der Waals surface area contributed by atoms with Gasteiger partial charge in [0.1, 0.15) is 0 Å². The highest BCUT2D eigenvalue weighted by molar-refractivity contribution is 9.10. The Kier molecular flexibility index (Phi) is 4.41. The summed E-state index contributed by atoms with van der Waals surface area (Å²) in [4.78, 5) is 12.5. The van der Waals surface area contributed by atoms with Gasteiger partial charge in [-0.1, -0.05) is 28.1 Å². The van der Waals surface area contributed by atoms with E-state index in [2.05, 4.69) is 36.8 Å². The Bertz CT molecular complexity index is 953. The van der Waals surface area contributed by atoms with Crippen LogP contribution in [0, 0.1) is 0 Å². The minimum absolute atomic E-state index is 0.00339. The van der Waals surface area contributed by atoms with Crippen molar-refractivity contribution < 1.29 is 9.90 Å². The third-order valence-corrected chi connectivity index (χ3v) is 5.85. The normalized spacial score (nSPS) is 17.1. The number of anilines is 1. The number of rotatable bonds is 4. The number of aromatic carboxylic acids is 1. The van der Waals surface area contributed by atoms with Gasteiger partial charge in [0, 0.05) is 27.3 Å². The number of hydrogen-bond donors (Lipinski definition) is 3. The molecule has 0 saturated carbocycles. The van der Waals surface area contributed by atoms with Gasteiger partial charge in [0.25, 0.3) is 0 Å². The summed E-state index contributed by atoms with van der Waals surface area (Å²) in [6.07, 6.45) is 1.01. The van der Waals surface area contributed by atoms with Crippen LogP contribution in [0.25, 0.3) is 20.5 Å². The minimum atomic E-state index is -1.06. The van der Waals surface area contributed by atoms with Crippen LogP contribution in [0.2, 0.25) is 0 Å². The summed E-state index contributed by atoms with van der Waals surface area (Å²) in [6.45, 7) is 1.83. The summed E-state index contributed by atoms with van der Waals surface area (Å²) >= 11 is 4.91. The maximum Gasteiger partial charge on any atom is 0.357 e. The zero-order valence-corrected chi connectivity index (χ0v) is 15.5. The summed E-state index contributed by atoms with van der Waals surface area (Å²) in [6, 6.07) is 10.2. The van der Waals surface area contributed by atoms with E-state index in [4.69, 9.17) is 0 Å². The van der Waals surface area contributed by atoms with Crippen molar-refractivity contribution in [1.29, 1.82) is 0 Å². The van der Waals surface area contributed by atoms with Gasteiger partial charge in [-0.05, 0) is 36.7 Å². The molecule has 25 heavy (non-hydrogen) atoms. The number of fused-ring (bicyclic) bond motifs is 1. The molecule has 1 aromatic carbocycles. The standard InChI is InChI=1S/C17H15BrN4O2S/c18-10-3-1-2-9(6-10)13-7-12-15(25-13)14(17(23)24)21-22-16(12)20-11-4-5-19-8-11/h1-3,6-7,11,19H,4-5,8H2,(H,20,22)(H,23,24). The number of carboxylic acids is 1. The van der Waals surface area contributed by atoms with Crippen LogP contribution >= 0.6 is 27.3 Å². The van der Waals surface area contributed by atoms with Gasteiger partial charge in [-0.3, -0.25) is 0 Å². The lowest BCUT2D eigenvalue weighted by Gasteiger charge is -2.12. The quantitative estimate of drug-likeness (QED) is 0.599. The number of thiophene rings is 1. The number of benzene rings is 1. The molecule has 1 aliphatic rings. The van der Waals surface area contributed by atoms with Crippen molar-refractivity contribution in [3.63, 3.8) is 0 Å². The molecule has 3 N–H and O–H groups in total. The Morgan fingerprint density at radius 1 is 1.36 bits per heavy atom. The van der Waals surface area contributed by atoms with Crippen LogP contribution in [0.3, 0.4) is 0 Å². The molecule has 1 unspecified atom stereocenters. The molecule has 0 spiro atoms. The SMILES string of the molecule is O=C(O)c1nnc(NC2CCNC2)c2cc(-c3cccc(Br)c3)sc12. The molecule has 0 radical (unpaired) electrons. The number of halogens is 1. The van der Waals surface area contributed by atoms with Crippen LogP contribution in [0.4, 0.5) is 5.82 Å². The number of nitrogens with zero attached hydrogens (tertiary/aromatic N) is 2. The molecule has 6 nitrogen and oxygen atoms in total. The van der Waals surface area contributed by atoms with Crippen LogP contribution in [-0.4, -0.2) is 40.4 Å². The van der Waals surface area contributed by atoms with E-state index in [1.807, 2.05) is 30.3 Å². The topological polar surface area (TPSA) is 87.1 Å². The van der Waals surface area contributed by atoms with Crippen LogP contribution in [0.1, 0.15) is 16.9 Å². The monoisotopic (exact) mass is 418 g/mol. The van der Waals surface area contributed by atoms with Crippen molar-refractivity contribution in [2.24, 2.45) is 0 Å². The summed E-state index contributed by atoms with van der Waals surface area (Å²) in [7, 11) is 0. The molecule has 0 amide bonds. The van der Waals surface area contributed by atoms with E-state index in [-0.39, 0.29) is 11.7 Å². The Balaban J connectivity index is 1.84. The highest BCUT2D eigenvalue weighted by Crippen LogP contribution is 2.38. The van der Waals surface area contributed by atoms with Crippen molar-refractivity contribution in [2.45, 2.75) is 12.5 Å². The molecule has 4 rings (SSSR count). The Hall–Kier alpha value is -2.03. The van der Waals surface area contributed by atoms with Crippen molar-refractivity contribution >= 4 is 49.1 Å². The van der Waals surface area contributed by atoms with Gasteiger partial charge >= 0.3 is 5.97 Å². The van der Waals surface area contributed by atoms with Crippen LogP contribution in [0.15, 0.2) is 34.8 Å². The molecule has 1 fully saturated rings. The lowest BCUT2D eigenvalue weighted by molar-refractivity contribution is 0.0692. The minimum Gasteiger partial charge on any atom is -0.476 e. The molecular formula is C17H15BrN4O2S. The highest BCUT2D eigenvalue weighted by Gasteiger charge is 2.21. The third kappa shape index (κ3) is 3.24. The van der Waals surface area contributed by atoms with Crippen LogP contribution in [0.5, 0.6) is 0 Å². The smallest absolute Gasteiger partial charge is 0.357 e. The second kappa shape index (κ2) is 6.70. The molecule has 1 atom stereocenters. The predicted molar refractivity (Wildman–Crippen MR) is 102 cm³/mol. The van der Waals surface area contributed by atoms with Crippen molar-refractivity contribution in [1.82, 2.24) is 15.5 Å². The average Bonchev–Trinajstić information content (AvgIpc) is 3.24. The molecule has 0 bridgehead atoms. The molecular weight excluding hydrogens is 404 g/mol. The number of carbonyl (C=O) groups is 1. The fraction of sp³-hybridized carbons (Fsp3) is 0.235. The van der Waals surface area contributed by atoms with E-state index in [0.29, 0.717) is 10.5 Å². The first-order chi connectivity index (χ1) is 12.1. The molecule has 3 heterocycles. The van der Waals surface area contributed by atoms with E-state index >= 15 is 0 Å². The number of aromatic nitrogens is 2. The third-order valence-electron chi connectivity index (χ3n) is 4.17. The Labute approximate surface area is 156 Å². The summed E-state index contributed by atoms with van der Waals surface area (Å²) in [5, 5.41) is 25.0. The highest BCUT2D eigenvalue weighted by atomic mass is 79.9. The van der Waals surface area contributed by atoms with Crippen molar-refractivity contribution in [2.75, 3.05) is 18.4 Å². The zero-order valence-electron chi connectivity index (χ0n) is 13.1. The average molecular weight is 419 g/mol. The van der Waals surface area contributed by atoms with Gasteiger partial charge in [-0.25, -0.2) is 4.79 Å². The van der Waals surface area contributed by atoms with E-state index < -0.39 is 5.97 Å². The van der Waals surface area contributed by atoms with E-state index in [1.54, 1.807) is 0 Å². The summed E-state index contributed by atoms with van der Waals surface area (Å²) < 4.78 is 1.62. The Morgan fingerprint density at radius 2 is 2.24 bits per heavy atom. The fourth-order valence-electron chi connectivity index (χ4n) is 2.94. The molecule has 1 aliphatic heterocycles. The van der Waals surface area contributed by atoms with Gasteiger partial charge in [0.05, 0.1) is 4.70 Å². The second-order valence-electron chi connectivity index (χ2n) is 5.90. The largest absolute Gasteiger partial charge is 0.476 e. The van der Waals surface area contributed by atoms with Gasteiger partial charge in [-0.15, -0.1) is 21.5 Å².